The Morgan fingerprint density at radius 2 is 2.04 bits per heavy atom. The number of guanidine groups is 1. The van der Waals surface area contributed by atoms with Crippen molar-refractivity contribution in [1.29, 1.82) is 0 Å². The fraction of sp³-hybridized carbons (Fsp3) is 0.375. The number of nitrogens with zero attached hydrogens (tertiary/aromatic N) is 6. The first-order valence-corrected chi connectivity index (χ1v) is 7.88. The van der Waals surface area contributed by atoms with Crippen molar-refractivity contribution in [2.45, 2.75) is 20.0 Å². The largest absolute Gasteiger partial charge is 0.355 e. The number of benzene rings is 1. The van der Waals surface area contributed by atoms with E-state index in [0.717, 1.165) is 41.7 Å². The van der Waals surface area contributed by atoms with Gasteiger partial charge in [-0.2, -0.15) is 5.10 Å². The minimum absolute atomic E-state index is 0. The predicted octanol–water partition coefficient (Wildman–Crippen LogP) is 1.46. The van der Waals surface area contributed by atoms with Crippen LogP contribution in [0, 0.1) is 6.92 Å². The van der Waals surface area contributed by atoms with E-state index in [1.807, 2.05) is 32.2 Å². The van der Waals surface area contributed by atoms with Crippen LogP contribution in [0.3, 0.4) is 0 Å². The molecule has 0 atom stereocenters. The van der Waals surface area contributed by atoms with E-state index in [-0.39, 0.29) is 24.0 Å². The van der Waals surface area contributed by atoms with E-state index in [4.69, 9.17) is 0 Å². The van der Waals surface area contributed by atoms with Gasteiger partial charge in [0.1, 0.15) is 18.0 Å². The molecule has 0 amide bonds. The highest BCUT2D eigenvalue weighted by Crippen LogP contribution is 2.14. The molecular weight excluding hydrogens is 431 g/mol. The van der Waals surface area contributed by atoms with Crippen molar-refractivity contribution in [2.24, 2.45) is 12.0 Å². The van der Waals surface area contributed by atoms with E-state index in [1.165, 1.54) is 0 Å². The Morgan fingerprint density at radius 3 is 2.76 bits per heavy atom. The standard InChI is InChI=1S/C16H22N8.HI/c1-12-22-13-6-4-5-7-14(13)24(12)9-8-18-16(17-2)19-10-15-20-11-21-23(15)3;/h4-7,11H,8-10H2,1-3H3,(H2,17,18,19);1H. The average molecular weight is 454 g/mol. The smallest absolute Gasteiger partial charge is 0.191 e. The molecule has 134 valence electrons. The summed E-state index contributed by atoms with van der Waals surface area (Å²) in [6, 6.07) is 8.18. The number of aryl methyl sites for hydroxylation is 2. The first kappa shape index (κ1) is 19.2. The molecule has 0 bridgehead atoms. The topological polar surface area (TPSA) is 84.9 Å². The molecule has 8 nitrogen and oxygen atoms in total. The molecule has 25 heavy (non-hydrogen) atoms. The fourth-order valence-electron chi connectivity index (χ4n) is 2.63. The summed E-state index contributed by atoms with van der Waals surface area (Å²) in [7, 11) is 3.62. The van der Waals surface area contributed by atoms with Gasteiger partial charge in [-0.05, 0) is 19.1 Å². The van der Waals surface area contributed by atoms with E-state index in [1.54, 1.807) is 18.1 Å². The minimum atomic E-state index is 0. The lowest BCUT2D eigenvalue weighted by atomic mass is 10.3. The van der Waals surface area contributed by atoms with Crippen molar-refractivity contribution in [3.63, 3.8) is 0 Å². The van der Waals surface area contributed by atoms with Crippen molar-refractivity contribution in [3.05, 3.63) is 42.2 Å². The Morgan fingerprint density at radius 1 is 1.24 bits per heavy atom. The Labute approximate surface area is 163 Å². The zero-order valence-electron chi connectivity index (χ0n) is 14.6. The molecule has 2 N–H and O–H groups in total. The van der Waals surface area contributed by atoms with Gasteiger partial charge in [0.2, 0.25) is 0 Å². The van der Waals surface area contributed by atoms with E-state index in [9.17, 15) is 0 Å². The van der Waals surface area contributed by atoms with E-state index in [0.29, 0.717) is 6.54 Å². The molecule has 0 radical (unpaired) electrons. The number of halogens is 1. The number of hydrogen-bond donors (Lipinski definition) is 2. The minimum Gasteiger partial charge on any atom is -0.355 e. The van der Waals surface area contributed by atoms with Gasteiger partial charge in [-0.3, -0.25) is 9.67 Å². The van der Waals surface area contributed by atoms with Gasteiger partial charge >= 0.3 is 0 Å². The number of rotatable bonds is 5. The first-order chi connectivity index (χ1) is 11.7. The SMILES string of the molecule is CN=C(NCCn1c(C)nc2ccccc21)NCc1ncnn1C.I. The molecule has 3 aromatic rings. The second-order valence-electron chi connectivity index (χ2n) is 5.45. The maximum Gasteiger partial charge on any atom is 0.191 e. The first-order valence-electron chi connectivity index (χ1n) is 7.88. The summed E-state index contributed by atoms with van der Waals surface area (Å²) in [5.74, 6) is 2.61. The molecule has 0 fully saturated rings. The van der Waals surface area contributed by atoms with Crippen LogP contribution in [0.25, 0.3) is 11.0 Å². The van der Waals surface area contributed by atoms with Crippen molar-refractivity contribution < 1.29 is 0 Å². The highest BCUT2D eigenvalue weighted by atomic mass is 127. The summed E-state index contributed by atoms with van der Waals surface area (Å²) in [6.45, 7) is 4.17. The molecule has 2 heterocycles. The summed E-state index contributed by atoms with van der Waals surface area (Å²) >= 11 is 0. The third-order valence-electron chi connectivity index (χ3n) is 3.92. The fourth-order valence-corrected chi connectivity index (χ4v) is 2.63. The normalized spacial score (nSPS) is 11.4. The molecule has 9 heteroatoms. The highest BCUT2D eigenvalue weighted by Gasteiger charge is 2.07. The molecule has 0 saturated carbocycles. The monoisotopic (exact) mass is 454 g/mol. The summed E-state index contributed by atoms with van der Waals surface area (Å²) < 4.78 is 3.94. The van der Waals surface area contributed by atoms with Gasteiger partial charge in [0.25, 0.3) is 0 Å². The number of aliphatic imine (C=N–C) groups is 1. The second kappa shape index (κ2) is 8.79. The summed E-state index contributed by atoms with van der Waals surface area (Å²) in [4.78, 5) is 13.0. The predicted molar refractivity (Wildman–Crippen MR) is 109 cm³/mol. The van der Waals surface area contributed by atoms with Crippen molar-refractivity contribution in [1.82, 2.24) is 34.9 Å². The van der Waals surface area contributed by atoms with E-state index in [2.05, 4.69) is 41.3 Å². The van der Waals surface area contributed by atoms with Crippen LogP contribution in [0.1, 0.15) is 11.6 Å². The third kappa shape index (κ3) is 4.47. The molecule has 0 aliphatic rings. The Balaban J connectivity index is 0.00000225. The number of aromatic nitrogens is 5. The van der Waals surface area contributed by atoms with Crippen LogP contribution in [0.4, 0.5) is 0 Å². The summed E-state index contributed by atoms with van der Waals surface area (Å²) in [5.41, 5.74) is 2.18. The second-order valence-corrected chi connectivity index (χ2v) is 5.45. The van der Waals surface area contributed by atoms with Gasteiger partial charge in [0.05, 0.1) is 17.6 Å². The van der Waals surface area contributed by atoms with Gasteiger partial charge < -0.3 is 15.2 Å². The molecule has 0 unspecified atom stereocenters. The van der Waals surface area contributed by atoms with Crippen LogP contribution >= 0.6 is 24.0 Å². The van der Waals surface area contributed by atoms with Gasteiger partial charge in [0, 0.05) is 27.2 Å². The number of fused-ring (bicyclic) bond motifs is 1. The van der Waals surface area contributed by atoms with Crippen molar-refractivity contribution >= 4 is 41.0 Å². The lowest BCUT2D eigenvalue weighted by Gasteiger charge is -2.13. The van der Waals surface area contributed by atoms with E-state index < -0.39 is 0 Å². The van der Waals surface area contributed by atoms with Crippen LogP contribution in [0.2, 0.25) is 0 Å². The molecule has 0 spiro atoms. The average Bonchev–Trinajstić information content (AvgIpc) is 3.13. The Hall–Kier alpha value is -2.17. The zero-order valence-corrected chi connectivity index (χ0v) is 16.9. The van der Waals surface area contributed by atoms with Crippen LogP contribution < -0.4 is 10.6 Å². The lowest BCUT2D eigenvalue weighted by Crippen LogP contribution is -2.39. The number of nitrogens with one attached hydrogen (secondary N) is 2. The van der Waals surface area contributed by atoms with Gasteiger partial charge in [-0.1, -0.05) is 12.1 Å². The van der Waals surface area contributed by atoms with E-state index >= 15 is 0 Å². The highest BCUT2D eigenvalue weighted by molar-refractivity contribution is 14.0. The van der Waals surface area contributed by atoms with Crippen molar-refractivity contribution in [2.75, 3.05) is 13.6 Å². The number of para-hydroxylation sites is 2. The van der Waals surface area contributed by atoms with Gasteiger partial charge in [0.15, 0.2) is 5.96 Å². The number of imidazole rings is 1. The van der Waals surface area contributed by atoms with Crippen molar-refractivity contribution in [3.8, 4) is 0 Å². The zero-order chi connectivity index (χ0) is 16.9. The van der Waals surface area contributed by atoms with Crippen LogP contribution in [0.5, 0.6) is 0 Å². The Bertz CT molecular complexity index is 851. The van der Waals surface area contributed by atoms with Gasteiger partial charge in [-0.25, -0.2) is 9.97 Å². The van der Waals surface area contributed by atoms with Gasteiger partial charge in [-0.15, -0.1) is 24.0 Å². The molecule has 1 aromatic carbocycles. The molecule has 0 aliphatic carbocycles. The third-order valence-corrected chi connectivity index (χ3v) is 3.92. The van der Waals surface area contributed by atoms with Crippen LogP contribution in [-0.2, 0) is 20.1 Å². The van der Waals surface area contributed by atoms with Crippen LogP contribution in [0.15, 0.2) is 35.6 Å². The summed E-state index contributed by atoms with van der Waals surface area (Å²) in [5, 5.41) is 10.6. The molecule has 0 aliphatic heterocycles. The maximum atomic E-state index is 4.58. The molecular formula is C16H23IN8. The van der Waals surface area contributed by atoms with Crippen LogP contribution in [-0.4, -0.2) is 43.9 Å². The molecule has 2 aromatic heterocycles. The molecule has 0 saturated heterocycles. The molecule has 3 rings (SSSR count). The lowest BCUT2D eigenvalue weighted by molar-refractivity contribution is 0.646. The Kier molecular flexibility index (Phi) is 6.73. The maximum absolute atomic E-state index is 4.58. The quantitative estimate of drug-likeness (QED) is 0.347. The number of hydrogen-bond acceptors (Lipinski definition) is 4. The summed E-state index contributed by atoms with van der Waals surface area (Å²) in [6.07, 6.45) is 1.54.